The van der Waals surface area contributed by atoms with E-state index < -0.39 is 0 Å². The van der Waals surface area contributed by atoms with E-state index in [0.29, 0.717) is 11.5 Å². The molecule has 2 aromatic carbocycles. The van der Waals surface area contributed by atoms with Crippen LogP contribution in [0.5, 0.6) is 5.75 Å². The second-order valence-corrected chi connectivity index (χ2v) is 6.97. The lowest BCUT2D eigenvalue weighted by molar-refractivity contribution is 0.204. The molecule has 0 N–H and O–H groups in total. The summed E-state index contributed by atoms with van der Waals surface area (Å²) in [5, 5.41) is 9.32. The largest absolute Gasteiger partial charge is 0.493 e. The highest BCUT2D eigenvalue weighted by Crippen LogP contribution is 2.45. The summed E-state index contributed by atoms with van der Waals surface area (Å²) in [6.07, 6.45) is 1.04. The number of nitrogens with zero attached hydrogens (tertiary/aromatic N) is 1. The second kappa shape index (κ2) is 5.50. The van der Waals surface area contributed by atoms with Crippen molar-refractivity contribution in [1.82, 2.24) is 0 Å². The van der Waals surface area contributed by atoms with Gasteiger partial charge in [0, 0.05) is 0 Å². The van der Waals surface area contributed by atoms with Crippen molar-refractivity contribution in [3.63, 3.8) is 0 Å². The zero-order valence-electron chi connectivity index (χ0n) is 13.4. The summed E-state index contributed by atoms with van der Waals surface area (Å²) >= 11 is 0. The smallest absolute Gasteiger partial charge is 0.122 e. The number of hydrogen-bond donors (Lipinski definition) is 0. The van der Waals surface area contributed by atoms with E-state index in [9.17, 15) is 5.26 Å². The second-order valence-electron chi connectivity index (χ2n) is 6.97. The van der Waals surface area contributed by atoms with Gasteiger partial charge in [-0.3, -0.25) is 0 Å². The van der Waals surface area contributed by atoms with E-state index in [4.69, 9.17) is 4.74 Å². The van der Waals surface area contributed by atoms with Crippen LogP contribution >= 0.6 is 0 Å². The Hall–Kier alpha value is -2.27. The molecule has 1 unspecified atom stereocenters. The van der Waals surface area contributed by atoms with Crippen molar-refractivity contribution in [2.45, 2.75) is 33.1 Å². The molecule has 0 saturated carbocycles. The van der Waals surface area contributed by atoms with Crippen molar-refractivity contribution in [2.75, 3.05) is 6.61 Å². The summed E-state index contributed by atoms with van der Waals surface area (Å²) in [4.78, 5) is 0. The molecule has 0 bridgehead atoms. The molecule has 0 amide bonds. The van der Waals surface area contributed by atoms with Gasteiger partial charge in [-0.25, -0.2) is 0 Å². The first-order valence-corrected chi connectivity index (χ1v) is 7.77. The molecule has 1 aliphatic rings. The number of benzene rings is 2. The standard InChI is InChI=1S/C20H21NO/c1-20(2,3)18-10-11-22-19-9-8-14(12-17(18)19)16-7-5-4-6-15(16)13-21/h4-9,12,18H,10-11H2,1-3H3. The first-order chi connectivity index (χ1) is 10.5. The maximum Gasteiger partial charge on any atom is 0.122 e. The fourth-order valence-corrected chi connectivity index (χ4v) is 3.29. The molecule has 0 fully saturated rings. The first kappa shape index (κ1) is 14.7. The van der Waals surface area contributed by atoms with E-state index in [1.807, 2.05) is 24.3 Å². The topological polar surface area (TPSA) is 33.0 Å². The van der Waals surface area contributed by atoms with E-state index in [1.54, 1.807) is 0 Å². The third-order valence-electron chi connectivity index (χ3n) is 4.45. The number of ether oxygens (including phenoxy) is 1. The summed E-state index contributed by atoms with van der Waals surface area (Å²) in [5.41, 5.74) is 4.27. The summed E-state index contributed by atoms with van der Waals surface area (Å²) < 4.78 is 5.83. The molecule has 3 rings (SSSR count). The van der Waals surface area contributed by atoms with E-state index in [0.717, 1.165) is 29.9 Å². The minimum Gasteiger partial charge on any atom is -0.493 e. The van der Waals surface area contributed by atoms with Crippen LogP contribution in [0, 0.1) is 16.7 Å². The van der Waals surface area contributed by atoms with Gasteiger partial charge in [-0.15, -0.1) is 0 Å². The Morgan fingerprint density at radius 3 is 2.64 bits per heavy atom. The van der Waals surface area contributed by atoms with Crippen LogP contribution in [0.3, 0.4) is 0 Å². The number of rotatable bonds is 1. The fourth-order valence-electron chi connectivity index (χ4n) is 3.29. The predicted octanol–water partition coefficient (Wildman–Crippen LogP) is 5.14. The molecule has 0 aromatic heterocycles. The normalized spacial score (nSPS) is 17.3. The van der Waals surface area contributed by atoms with Crippen molar-refractivity contribution in [3.05, 3.63) is 53.6 Å². The molecule has 1 atom stereocenters. The summed E-state index contributed by atoms with van der Waals surface area (Å²) in [7, 11) is 0. The summed E-state index contributed by atoms with van der Waals surface area (Å²) in [6.45, 7) is 7.62. The Labute approximate surface area is 132 Å². The van der Waals surface area contributed by atoms with Gasteiger partial charge in [0.05, 0.1) is 18.2 Å². The lowest BCUT2D eigenvalue weighted by Gasteiger charge is -2.36. The molecule has 0 aliphatic carbocycles. The predicted molar refractivity (Wildman–Crippen MR) is 88.9 cm³/mol. The van der Waals surface area contributed by atoms with Gasteiger partial charge in [0.15, 0.2) is 0 Å². The summed E-state index contributed by atoms with van der Waals surface area (Å²) in [5.74, 6) is 1.47. The molecule has 1 heterocycles. The van der Waals surface area contributed by atoms with Crippen LogP contribution in [0.1, 0.15) is 44.2 Å². The zero-order valence-corrected chi connectivity index (χ0v) is 13.4. The Morgan fingerprint density at radius 1 is 1.14 bits per heavy atom. The molecule has 0 spiro atoms. The van der Waals surface area contributed by atoms with Crippen molar-refractivity contribution in [2.24, 2.45) is 5.41 Å². The van der Waals surface area contributed by atoms with Crippen molar-refractivity contribution in [1.29, 1.82) is 5.26 Å². The lowest BCUT2D eigenvalue weighted by atomic mass is 9.73. The average molecular weight is 291 g/mol. The van der Waals surface area contributed by atoms with Crippen LogP contribution in [0.25, 0.3) is 11.1 Å². The lowest BCUT2D eigenvalue weighted by Crippen LogP contribution is -2.25. The zero-order chi connectivity index (χ0) is 15.7. The van der Waals surface area contributed by atoms with Crippen molar-refractivity contribution < 1.29 is 4.74 Å². The van der Waals surface area contributed by atoms with Crippen LogP contribution in [0.2, 0.25) is 0 Å². The monoisotopic (exact) mass is 291 g/mol. The van der Waals surface area contributed by atoms with E-state index in [-0.39, 0.29) is 5.41 Å². The molecule has 2 nitrogen and oxygen atoms in total. The van der Waals surface area contributed by atoms with E-state index in [1.165, 1.54) is 5.56 Å². The van der Waals surface area contributed by atoms with Crippen LogP contribution < -0.4 is 4.74 Å². The van der Waals surface area contributed by atoms with Gasteiger partial charge in [0.1, 0.15) is 5.75 Å². The van der Waals surface area contributed by atoms with Gasteiger partial charge >= 0.3 is 0 Å². The van der Waals surface area contributed by atoms with Gasteiger partial charge in [0.2, 0.25) is 0 Å². The third-order valence-corrected chi connectivity index (χ3v) is 4.45. The van der Waals surface area contributed by atoms with Gasteiger partial charge in [-0.1, -0.05) is 45.0 Å². The van der Waals surface area contributed by atoms with E-state index >= 15 is 0 Å². The van der Waals surface area contributed by atoms with Crippen LogP contribution in [-0.2, 0) is 0 Å². The Morgan fingerprint density at radius 2 is 1.91 bits per heavy atom. The molecule has 2 heteroatoms. The van der Waals surface area contributed by atoms with Crippen molar-refractivity contribution in [3.8, 4) is 22.9 Å². The highest BCUT2D eigenvalue weighted by Gasteiger charge is 2.31. The molecule has 0 saturated heterocycles. The fraction of sp³-hybridized carbons (Fsp3) is 0.350. The molecule has 22 heavy (non-hydrogen) atoms. The van der Waals surface area contributed by atoms with Gasteiger partial charge in [-0.2, -0.15) is 5.26 Å². The third kappa shape index (κ3) is 2.60. The van der Waals surface area contributed by atoms with Crippen LogP contribution in [-0.4, -0.2) is 6.61 Å². The first-order valence-electron chi connectivity index (χ1n) is 7.77. The minimum absolute atomic E-state index is 0.200. The van der Waals surface area contributed by atoms with Crippen LogP contribution in [0.4, 0.5) is 0 Å². The van der Waals surface area contributed by atoms with Gasteiger partial charge < -0.3 is 4.74 Å². The molecular weight excluding hydrogens is 270 g/mol. The summed E-state index contributed by atoms with van der Waals surface area (Å²) in [6, 6.07) is 16.4. The van der Waals surface area contributed by atoms with Crippen LogP contribution in [0.15, 0.2) is 42.5 Å². The number of nitriles is 1. The quantitative estimate of drug-likeness (QED) is 0.729. The van der Waals surface area contributed by atoms with E-state index in [2.05, 4.69) is 45.0 Å². The van der Waals surface area contributed by atoms with Crippen molar-refractivity contribution >= 4 is 0 Å². The highest BCUT2D eigenvalue weighted by atomic mass is 16.5. The molecule has 1 aliphatic heterocycles. The van der Waals surface area contributed by atoms with Gasteiger partial charge in [-0.05, 0) is 52.6 Å². The highest BCUT2D eigenvalue weighted by molar-refractivity contribution is 5.72. The average Bonchev–Trinajstić information content (AvgIpc) is 2.52. The molecular formula is C20H21NO. The molecule has 0 radical (unpaired) electrons. The Kier molecular flexibility index (Phi) is 3.66. The molecule has 112 valence electrons. The molecule has 2 aromatic rings. The SMILES string of the molecule is CC(C)(C)C1CCOc2ccc(-c3ccccc3C#N)cc21. The Bertz CT molecular complexity index is 734. The van der Waals surface area contributed by atoms with Gasteiger partial charge in [0.25, 0.3) is 0 Å². The Balaban J connectivity index is 2.12. The maximum atomic E-state index is 9.32. The maximum absolute atomic E-state index is 9.32. The number of hydrogen-bond acceptors (Lipinski definition) is 2. The number of fused-ring (bicyclic) bond motifs is 1. The minimum atomic E-state index is 0.200.